The first-order chi connectivity index (χ1) is 15.0. The lowest BCUT2D eigenvalue weighted by molar-refractivity contribution is -0.135. The number of benzene rings is 1. The minimum Gasteiger partial charge on any atom is -0.348 e. The molecule has 9 heteroatoms. The smallest absolute Gasteiger partial charge is 0.251 e. The van der Waals surface area contributed by atoms with Crippen LogP contribution in [0.5, 0.6) is 0 Å². The minimum absolute atomic E-state index is 0.00993. The van der Waals surface area contributed by atoms with Gasteiger partial charge in [0.1, 0.15) is 6.04 Å². The molecule has 0 aliphatic carbocycles. The quantitative estimate of drug-likeness (QED) is 0.615. The highest BCUT2D eigenvalue weighted by molar-refractivity contribution is 7.98. The number of imidazole rings is 1. The van der Waals surface area contributed by atoms with Crippen LogP contribution in [0.1, 0.15) is 41.0 Å². The van der Waals surface area contributed by atoms with E-state index in [2.05, 4.69) is 20.6 Å². The molecule has 1 aromatic heterocycles. The van der Waals surface area contributed by atoms with Gasteiger partial charge in [0.2, 0.25) is 5.91 Å². The number of likely N-dealkylation sites (tertiary alicyclic amines) is 1. The van der Waals surface area contributed by atoms with Crippen LogP contribution in [0.4, 0.5) is 0 Å². The number of carbonyl (C=O) groups is 2. The topological polar surface area (TPSA) is 90.1 Å². The fourth-order valence-electron chi connectivity index (χ4n) is 4.51. The first-order valence-electron chi connectivity index (χ1n) is 10.6. The predicted octanol–water partition coefficient (Wildman–Crippen LogP) is 2.58. The van der Waals surface area contributed by atoms with Gasteiger partial charge in [0.25, 0.3) is 5.91 Å². The molecule has 2 amide bonds. The third kappa shape index (κ3) is 4.76. The lowest BCUT2D eigenvalue weighted by Gasteiger charge is -2.44. The number of H-pyrrole nitrogens is 1. The SMILES string of the molecule is CSCC[C@H](NC(=O)c1ccc(Cl)cc1)C(=O)N1CCC2(CC1)NCCc1[nH]cnc12. The van der Waals surface area contributed by atoms with Crippen molar-refractivity contribution in [1.29, 1.82) is 0 Å². The van der Waals surface area contributed by atoms with Gasteiger partial charge in [0.05, 0.1) is 17.6 Å². The molecule has 0 unspecified atom stereocenters. The van der Waals surface area contributed by atoms with E-state index in [0.29, 0.717) is 30.1 Å². The second-order valence-electron chi connectivity index (χ2n) is 8.13. The summed E-state index contributed by atoms with van der Waals surface area (Å²) in [4.78, 5) is 35.8. The van der Waals surface area contributed by atoms with Gasteiger partial charge >= 0.3 is 0 Å². The van der Waals surface area contributed by atoms with Crippen molar-refractivity contribution in [3.8, 4) is 0 Å². The molecular weight excluding hydrogens is 434 g/mol. The number of nitrogens with zero attached hydrogens (tertiary/aromatic N) is 2. The molecule has 3 N–H and O–H groups in total. The lowest BCUT2D eigenvalue weighted by Crippen LogP contribution is -2.57. The summed E-state index contributed by atoms with van der Waals surface area (Å²) in [6.45, 7) is 2.20. The van der Waals surface area contributed by atoms with E-state index in [1.165, 1.54) is 5.69 Å². The number of thioether (sulfide) groups is 1. The number of hydrogen-bond acceptors (Lipinski definition) is 5. The first kappa shape index (κ1) is 22.2. The second kappa shape index (κ2) is 9.63. The molecule has 31 heavy (non-hydrogen) atoms. The van der Waals surface area contributed by atoms with Gasteiger partial charge in [-0.1, -0.05) is 11.6 Å². The molecule has 1 saturated heterocycles. The number of aromatic nitrogens is 2. The Hall–Kier alpha value is -2.03. The van der Waals surface area contributed by atoms with Crippen molar-refractivity contribution in [3.05, 3.63) is 52.6 Å². The number of fused-ring (bicyclic) bond motifs is 2. The molecule has 166 valence electrons. The Kier molecular flexibility index (Phi) is 6.89. The molecule has 4 rings (SSSR count). The molecule has 0 bridgehead atoms. The minimum atomic E-state index is -0.537. The van der Waals surface area contributed by atoms with Crippen LogP contribution in [0.3, 0.4) is 0 Å². The molecular formula is C22H28ClN5O2S. The van der Waals surface area contributed by atoms with Gasteiger partial charge in [-0.25, -0.2) is 4.98 Å². The van der Waals surface area contributed by atoms with Crippen LogP contribution < -0.4 is 10.6 Å². The van der Waals surface area contributed by atoms with E-state index in [-0.39, 0.29) is 17.4 Å². The van der Waals surface area contributed by atoms with Crippen LogP contribution in [0.2, 0.25) is 5.02 Å². The Labute approximate surface area is 191 Å². The Morgan fingerprint density at radius 2 is 2.03 bits per heavy atom. The van der Waals surface area contributed by atoms with Gasteiger partial charge in [-0.3, -0.25) is 9.59 Å². The molecule has 0 radical (unpaired) electrons. The molecule has 1 atom stereocenters. The maximum absolute atomic E-state index is 13.3. The number of aromatic amines is 1. The first-order valence-corrected chi connectivity index (χ1v) is 12.4. The van der Waals surface area contributed by atoms with E-state index in [0.717, 1.165) is 37.3 Å². The zero-order valence-corrected chi connectivity index (χ0v) is 19.2. The average Bonchev–Trinajstić information content (AvgIpc) is 3.28. The largest absolute Gasteiger partial charge is 0.348 e. The van der Waals surface area contributed by atoms with Crippen LogP contribution in [-0.4, -0.2) is 64.4 Å². The Balaban J connectivity index is 1.42. The van der Waals surface area contributed by atoms with Crippen molar-refractivity contribution >= 4 is 35.2 Å². The third-order valence-electron chi connectivity index (χ3n) is 6.26. The molecule has 2 aliphatic rings. The van der Waals surface area contributed by atoms with Gasteiger partial charge in [-0.2, -0.15) is 11.8 Å². The van der Waals surface area contributed by atoms with Crippen molar-refractivity contribution < 1.29 is 9.59 Å². The second-order valence-corrected chi connectivity index (χ2v) is 9.55. The van der Waals surface area contributed by atoms with Crippen molar-refractivity contribution in [2.45, 2.75) is 37.3 Å². The van der Waals surface area contributed by atoms with Gasteiger partial charge < -0.3 is 20.5 Å². The Bertz CT molecular complexity index is 924. The summed E-state index contributed by atoms with van der Waals surface area (Å²) in [6, 6.07) is 6.17. The molecule has 1 spiro atoms. The van der Waals surface area contributed by atoms with E-state index in [1.54, 1.807) is 42.4 Å². The number of halogens is 1. The molecule has 7 nitrogen and oxygen atoms in total. The van der Waals surface area contributed by atoms with Crippen LogP contribution in [0.15, 0.2) is 30.6 Å². The Morgan fingerprint density at radius 1 is 1.29 bits per heavy atom. The number of hydrogen-bond donors (Lipinski definition) is 3. The molecule has 0 saturated carbocycles. The molecule has 3 heterocycles. The van der Waals surface area contributed by atoms with E-state index in [9.17, 15) is 9.59 Å². The predicted molar refractivity (Wildman–Crippen MR) is 123 cm³/mol. The van der Waals surface area contributed by atoms with E-state index >= 15 is 0 Å². The standard InChI is InChI=1S/C22H28ClN5O2S/c1-31-13-7-18(27-20(29)15-2-4-16(23)5-3-15)21(30)28-11-8-22(9-12-28)19-17(6-10-26-22)24-14-25-19/h2-5,14,18,26H,6-13H2,1H3,(H,24,25)(H,27,29)/t18-/m0/s1. The number of amides is 2. The molecule has 2 aliphatic heterocycles. The number of carbonyl (C=O) groups excluding carboxylic acids is 2. The molecule has 1 fully saturated rings. The maximum Gasteiger partial charge on any atom is 0.251 e. The van der Waals surface area contributed by atoms with Crippen molar-refractivity contribution in [2.75, 3.05) is 31.6 Å². The lowest BCUT2D eigenvalue weighted by atomic mass is 9.80. The summed E-state index contributed by atoms with van der Waals surface area (Å²) < 4.78 is 0. The summed E-state index contributed by atoms with van der Waals surface area (Å²) in [7, 11) is 0. The van der Waals surface area contributed by atoms with Crippen molar-refractivity contribution in [3.63, 3.8) is 0 Å². The third-order valence-corrected chi connectivity index (χ3v) is 7.16. The van der Waals surface area contributed by atoms with E-state index in [4.69, 9.17) is 11.6 Å². The van der Waals surface area contributed by atoms with Crippen molar-refractivity contribution in [2.24, 2.45) is 0 Å². The zero-order chi connectivity index (χ0) is 21.8. The maximum atomic E-state index is 13.3. The summed E-state index contributed by atoms with van der Waals surface area (Å²) in [5.74, 6) is 0.539. The summed E-state index contributed by atoms with van der Waals surface area (Å²) in [6.07, 6.45) is 6.95. The normalized spacial score (nSPS) is 18.5. The Morgan fingerprint density at radius 3 is 2.74 bits per heavy atom. The van der Waals surface area contributed by atoms with Gasteiger partial charge in [0, 0.05) is 42.3 Å². The summed E-state index contributed by atoms with van der Waals surface area (Å²) in [5, 5.41) is 7.18. The number of piperidine rings is 1. The summed E-state index contributed by atoms with van der Waals surface area (Å²) >= 11 is 7.59. The molecule has 2 aromatic rings. The van der Waals surface area contributed by atoms with Crippen LogP contribution in [0, 0.1) is 0 Å². The van der Waals surface area contributed by atoms with Crippen molar-refractivity contribution in [1.82, 2.24) is 25.5 Å². The van der Waals surface area contributed by atoms with E-state index < -0.39 is 6.04 Å². The number of nitrogens with one attached hydrogen (secondary N) is 3. The van der Waals surface area contributed by atoms with E-state index in [1.807, 2.05) is 11.2 Å². The number of rotatable bonds is 6. The molecule has 1 aromatic carbocycles. The van der Waals surface area contributed by atoms with Gasteiger partial charge in [-0.05, 0) is 55.5 Å². The highest BCUT2D eigenvalue weighted by Gasteiger charge is 2.42. The van der Waals surface area contributed by atoms with Gasteiger partial charge in [-0.15, -0.1) is 0 Å². The fourth-order valence-corrected chi connectivity index (χ4v) is 5.11. The highest BCUT2D eigenvalue weighted by atomic mass is 35.5. The highest BCUT2D eigenvalue weighted by Crippen LogP contribution is 2.36. The monoisotopic (exact) mass is 461 g/mol. The van der Waals surface area contributed by atoms with Crippen LogP contribution >= 0.6 is 23.4 Å². The summed E-state index contributed by atoms with van der Waals surface area (Å²) in [5.41, 5.74) is 2.64. The van der Waals surface area contributed by atoms with Crippen LogP contribution in [-0.2, 0) is 16.8 Å². The fraction of sp³-hybridized carbons (Fsp3) is 0.500. The zero-order valence-electron chi connectivity index (χ0n) is 17.6. The average molecular weight is 462 g/mol. The van der Waals surface area contributed by atoms with Crippen LogP contribution in [0.25, 0.3) is 0 Å². The van der Waals surface area contributed by atoms with Gasteiger partial charge in [0.15, 0.2) is 0 Å².